The van der Waals surface area contributed by atoms with Crippen molar-refractivity contribution in [2.24, 2.45) is 4.99 Å². The van der Waals surface area contributed by atoms with Crippen LogP contribution >= 0.6 is 46.3 Å². The summed E-state index contributed by atoms with van der Waals surface area (Å²) < 4.78 is 3.07. The largest absolute Gasteiger partial charge is 0.316 e. The number of carbonyl (C=O) groups is 1. The van der Waals surface area contributed by atoms with Crippen molar-refractivity contribution in [3.8, 4) is 0 Å². The summed E-state index contributed by atoms with van der Waals surface area (Å²) in [7, 11) is 0. The standard InChI is InChI=1S/C17H14Cl2N2OS2/c1-23-9-8-21-14-7-6-11(18)10-15(14)24-17(21)20-16(22)12-4-2-3-5-13(12)19/h2-7,10H,8-9H2,1H3. The van der Waals surface area contributed by atoms with Crippen molar-refractivity contribution in [2.75, 3.05) is 12.0 Å². The number of carbonyl (C=O) groups excluding carboxylic acids is 1. The highest BCUT2D eigenvalue weighted by Crippen LogP contribution is 2.22. The molecule has 0 aliphatic heterocycles. The number of thioether (sulfide) groups is 1. The van der Waals surface area contributed by atoms with Gasteiger partial charge in [0.15, 0.2) is 4.80 Å². The number of aromatic nitrogens is 1. The third-order valence-electron chi connectivity index (χ3n) is 3.47. The fraction of sp³-hybridized carbons (Fsp3) is 0.176. The van der Waals surface area contributed by atoms with Gasteiger partial charge in [0.1, 0.15) is 0 Å². The predicted molar refractivity (Wildman–Crippen MR) is 105 cm³/mol. The van der Waals surface area contributed by atoms with E-state index in [0.717, 1.165) is 22.5 Å². The van der Waals surface area contributed by atoms with Gasteiger partial charge >= 0.3 is 0 Å². The number of fused-ring (bicyclic) bond motifs is 1. The number of hydrogen-bond acceptors (Lipinski definition) is 3. The van der Waals surface area contributed by atoms with Crippen LogP contribution in [0.2, 0.25) is 10.0 Å². The Labute approximate surface area is 157 Å². The molecule has 2 aromatic carbocycles. The fourth-order valence-corrected chi connectivity index (χ4v) is 4.23. The van der Waals surface area contributed by atoms with Crippen molar-refractivity contribution in [2.45, 2.75) is 6.54 Å². The van der Waals surface area contributed by atoms with E-state index < -0.39 is 0 Å². The lowest BCUT2D eigenvalue weighted by Gasteiger charge is -2.04. The first-order chi connectivity index (χ1) is 11.6. The summed E-state index contributed by atoms with van der Waals surface area (Å²) >= 11 is 15.4. The van der Waals surface area contributed by atoms with Gasteiger partial charge in [-0.3, -0.25) is 4.79 Å². The molecule has 3 rings (SSSR count). The van der Waals surface area contributed by atoms with Gasteiger partial charge in [0, 0.05) is 17.3 Å². The van der Waals surface area contributed by atoms with Crippen molar-refractivity contribution in [1.82, 2.24) is 4.57 Å². The van der Waals surface area contributed by atoms with Crippen LogP contribution < -0.4 is 4.80 Å². The van der Waals surface area contributed by atoms with Crippen LogP contribution in [0.5, 0.6) is 0 Å². The molecule has 1 aromatic heterocycles. The van der Waals surface area contributed by atoms with E-state index >= 15 is 0 Å². The number of thiazole rings is 1. The van der Waals surface area contributed by atoms with Crippen molar-refractivity contribution in [3.05, 3.63) is 62.9 Å². The van der Waals surface area contributed by atoms with Crippen LogP contribution in [0.1, 0.15) is 10.4 Å². The highest BCUT2D eigenvalue weighted by Gasteiger charge is 2.11. The SMILES string of the molecule is CSCCn1c(=NC(=O)c2ccccc2Cl)sc2cc(Cl)ccc21. The predicted octanol–water partition coefficient (Wildman–Crippen LogP) is 5.11. The van der Waals surface area contributed by atoms with Crippen LogP contribution in [0.3, 0.4) is 0 Å². The van der Waals surface area contributed by atoms with Crippen LogP contribution in [-0.4, -0.2) is 22.5 Å². The number of halogens is 2. The zero-order valence-electron chi connectivity index (χ0n) is 12.8. The maximum absolute atomic E-state index is 12.5. The van der Waals surface area contributed by atoms with Gasteiger partial charge < -0.3 is 4.57 Å². The monoisotopic (exact) mass is 396 g/mol. The Morgan fingerprint density at radius 1 is 1.25 bits per heavy atom. The molecule has 0 fully saturated rings. The lowest BCUT2D eigenvalue weighted by Crippen LogP contribution is -2.18. The maximum atomic E-state index is 12.5. The first kappa shape index (κ1) is 17.5. The lowest BCUT2D eigenvalue weighted by atomic mass is 10.2. The number of rotatable bonds is 4. The first-order valence-electron chi connectivity index (χ1n) is 7.21. The molecular weight excluding hydrogens is 383 g/mol. The second-order valence-corrected chi connectivity index (χ2v) is 7.88. The quantitative estimate of drug-likeness (QED) is 0.613. The minimum absolute atomic E-state index is 0.337. The van der Waals surface area contributed by atoms with Gasteiger partial charge in [0.2, 0.25) is 0 Å². The molecule has 0 spiro atoms. The Kier molecular flexibility index (Phi) is 5.66. The summed E-state index contributed by atoms with van der Waals surface area (Å²) in [5.41, 5.74) is 1.44. The molecule has 1 heterocycles. The van der Waals surface area contributed by atoms with E-state index in [4.69, 9.17) is 23.2 Å². The minimum atomic E-state index is -0.337. The summed E-state index contributed by atoms with van der Waals surface area (Å²) in [4.78, 5) is 17.5. The third-order valence-corrected chi connectivity index (χ3v) is 5.66. The van der Waals surface area contributed by atoms with Gasteiger partial charge in [-0.1, -0.05) is 46.7 Å². The lowest BCUT2D eigenvalue weighted by molar-refractivity contribution is 0.0998. The number of benzene rings is 2. The average Bonchev–Trinajstić information content (AvgIpc) is 2.89. The van der Waals surface area contributed by atoms with E-state index in [2.05, 4.69) is 15.8 Å². The molecule has 0 radical (unpaired) electrons. The molecule has 0 saturated heterocycles. The summed E-state index contributed by atoms with van der Waals surface area (Å²) in [5, 5.41) is 1.08. The second kappa shape index (κ2) is 7.74. The van der Waals surface area contributed by atoms with Crippen LogP contribution in [0, 0.1) is 0 Å². The van der Waals surface area contributed by atoms with Gasteiger partial charge in [-0.05, 0) is 36.6 Å². The molecule has 1 amide bonds. The summed E-state index contributed by atoms with van der Waals surface area (Å²) in [5.74, 6) is 0.596. The van der Waals surface area contributed by atoms with E-state index in [-0.39, 0.29) is 5.91 Å². The number of nitrogens with zero attached hydrogens (tertiary/aromatic N) is 2. The Hall–Kier alpha value is -1.27. The second-order valence-electron chi connectivity index (χ2n) is 5.04. The van der Waals surface area contributed by atoms with E-state index in [1.807, 2.05) is 18.2 Å². The van der Waals surface area contributed by atoms with Gasteiger partial charge in [-0.15, -0.1) is 0 Å². The molecule has 0 aliphatic rings. The van der Waals surface area contributed by atoms with E-state index in [1.54, 1.807) is 36.0 Å². The molecular formula is C17H14Cl2N2OS2. The Balaban J connectivity index is 2.13. The molecule has 7 heteroatoms. The van der Waals surface area contributed by atoms with Crippen molar-refractivity contribution in [3.63, 3.8) is 0 Å². The summed E-state index contributed by atoms with van der Waals surface area (Å²) in [6.45, 7) is 0.775. The Bertz CT molecular complexity index is 963. The summed E-state index contributed by atoms with van der Waals surface area (Å²) in [6, 6.07) is 12.7. The van der Waals surface area contributed by atoms with Gasteiger partial charge in [0.25, 0.3) is 5.91 Å². The molecule has 0 atom stereocenters. The Morgan fingerprint density at radius 3 is 2.79 bits per heavy atom. The van der Waals surface area contributed by atoms with Crippen molar-refractivity contribution >= 4 is 62.4 Å². The average molecular weight is 397 g/mol. The maximum Gasteiger partial charge on any atom is 0.281 e. The van der Waals surface area contributed by atoms with Gasteiger partial charge in [-0.2, -0.15) is 16.8 Å². The third kappa shape index (κ3) is 3.70. The zero-order chi connectivity index (χ0) is 17.1. The Morgan fingerprint density at radius 2 is 2.04 bits per heavy atom. The van der Waals surface area contributed by atoms with E-state index in [9.17, 15) is 4.79 Å². The molecule has 24 heavy (non-hydrogen) atoms. The van der Waals surface area contributed by atoms with Crippen LogP contribution in [0.15, 0.2) is 47.5 Å². The highest BCUT2D eigenvalue weighted by molar-refractivity contribution is 7.98. The summed E-state index contributed by atoms with van der Waals surface area (Å²) in [6.07, 6.45) is 2.05. The van der Waals surface area contributed by atoms with Crippen LogP contribution in [0.4, 0.5) is 0 Å². The van der Waals surface area contributed by atoms with E-state index in [1.165, 1.54) is 11.3 Å². The normalized spacial score (nSPS) is 12.0. The molecule has 3 aromatic rings. The number of aryl methyl sites for hydroxylation is 1. The molecule has 3 nitrogen and oxygen atoms in total. The smallest absolute Gasteiger partial charge is 0.281 e. The number of hydrogen-bond donors (Lipinski definition) is 0. The molecule has 0 saturated carbocycles. The van der Waals surface area contributed by atoms with Crippen LogP contribution in [0.25, 0.3) is 10.2 Å². The molecule has 0 unspecified atom stereocenters. The van der Waals surface area contributed by atoms with Crippen LogP contribution in [-0.2, 0) is 6.54 Å². The highest BCUT2D eigenvalue weighted by atomic mass is 35.5. The fourth-order valence-electron chi connectivity index (χ4n) is 2.31. The molecule has 124 valence electrons. The topological polar surface area (TPSA) is 34.4 Å². The van der Waals surface area contributed by atoms with Crippen molar-refractivity contribution in [1.29, 1.82) is 0 Å². The molecule has 0 bridgehead atoms. The first-order valence-corrected chi connectivity index (χ1v) is 10.2. The van der Waals surface area contributed by atoms with E-state index in [0.29, 0.717) is 20.4 Å². The molecule has 0 aliphatic carbocycles. The van der Waals surface area contributed by atoms with Crippen molar-refractivity contribution < 1.29 is 4.79 Å². The van der Waals surface area contributed by atoms with Gasteiger partial charge in [-0.25, -0.2) is 0 Å². The zero-order valence-corrected chi connectivity index (χ0v) is 16.0. The number of amides is 1. The minimum Gasteiger partial charge on any atom is -0.316 e. The molecule has 0 N–H and O–H groups in total. The van der Waals surface area contributed by atoms with Gasteiger partial charge in [0.05, 0.1) is 20.8 Å².